The number of benzene rings is 1. The lowest BCUT2D eigenvalue weighted by Crippen LogP contribution is -2.17. The summed E-state index contributed by atoms with van der Waals surface area (Å²) in [4.78, 5) is 11.5. The molecule has 122 valence electrons. The largest absolute Gasteiger partial charge is 0.497 e. The lowest BCUT2D eigenvalue weighted by atomic mass is 10.0. The van der Waals surface area contributed by atoms with E-state index in [2.05, 4.69) is 6.92 Å². The molecule has 1 N–H and O–H groups in total. The number of aliphatic carboxylic acids is 1. The molecule has 4 nitrogen and oxygen atoms in total. The number of methoxy groups -OCH3 is 1. The van der Waals surface area contributed by atoms with Crippen LogP contribution in [-0.2, 0) is 9.53 Å². The van der Waals surface area contributed by atoms with Gasteiger partial charge in [0.2, 0.25) is 0 Å². The molecular weight excluding hydrogens is 280 g/mol. The highest BCUT2D eigenvalue weighted by molar-refractivity contribution is 5.92. The Hall–Kier alpha value is -1.81. The zero-order valence-electron chi connectivity index (χ0n) is 13.7. The summed E-state index contributed by atoms with van der Waals surface area (Å²) in [6.07, 6.45) is 5.10. The van der Waals surface area contributed by atoms with Crippen molar-refractivity contribution in [3.8, 4) is 5.75 Å². The van der Waals surface area contributed by atoms with E-state index in [1.54, 1.807) is 13.2 Å². The van der Waals surface area contributed by atoms with Crippen molar-refractivity contribution in [2.45, 2.75) is 45.6 Å². The van der Waals surface area contributed by atoms with E-state index in [1.807, 2.05) is 31.2 Å². The maximum absolute atomic E-state index is 11.5. The smallest absolute Gasteiger partial charge is 0.331 e. The minimum atomic E-state index is -0.892. The quantitative estimate of drug-likeness (QED) is 0.660. The molecule has 1 unspecified atom stereocenters. The summed E-state index contributed by atoms with van der Waals surface area (Å²) in [5.74, 6) is -0.138. The van der Waals surface area contributed by atoms with Crippen molar-refractivity contribution in [1.29, 1.82) is 0 Å². The van der Waals surface area contributed by atoms with Crippen molar-refractivity contribution in [3.63, 3.8) is 0 Å². The fourth-order valence-electron chi connectivity index (χ4n) is 2.27. The van der Waals surface area contributed by atoms with E-state index in [4.69, 9.17) is 9.47 Å². The molecule has 0 spiro atoms. The van der Waals surface area contributed by atoms with Gasteiger partial charge in [-0.05, 0) is 37.1 Å². The fourth-order valence-corrected chi connectivity index (χ4v) is 2.27. The Morgan fingerprint density at radius 2 is 1.95 bits per heavy atom. The van der Waals surface area contributed by atoms with Crippen molar-refractivity contribution in [3.05, 3.63) is 35.4 Å². The second-order valence-corrected chi connectivity index (χ2v) is 5.17. The van der Waals surface area contributed by atoms with Gasteiger partial charge in [-0.3, -0.25) is 0 Å². The van der Waals surface area contributed by atoms with Crippen LogP contribution in [0.25, 0.3) is 6.08 Å². The van der Waals surface area contributed by atoms with Gasteiger partial charge in [0, 0.05) is 18.6 Å². The summed E-state index contributed by atoms with van der Waals surface area (Å²) in [6, 6.07) is 7.35. The van der Waals surface area contributed by atoms with E-state index < -0.39 is 5.97 Å². The molecule has 0 aliphatic rings. The fraction of sp³-hybridized carbons (Fsp3) is 0.500. The van der Waals surface area contributed by atoms with Crippen LogP contribution in [0, 0.1) is 0 Å². The maximum Gasteiger partial charge on any atom is 0.331 e. The third-order valence-corrected chi connectivity index (χ3v) is 3.46. The standard InChI is InChI=1S/C18H26O4/c1-4-6-7-17(22-5-2)13-15(18(19)20)12-14-8-10-16(21-3)11-9-14/h8-12,17H,4-7,13H2,1-3H3,(H,19,20). The number of hydrogen-bond acceptors (Lipinski definition) is 3. The van der Waals surface area contributed by atoms with Gasteiger partial charge in [0.15, 0.2) is 0 Å². The summed E-state index contributed by atoms with van der Waals surface area (Å²) >= 11 is 0. The second-order valence-electron chi connectivity index (χ2n) is 5.17. The van der Waals surface area contributed by atoms with Gasteiger partial charge in [0.1, 0.15) is 5.75 Å². The Balaban J connectivity index is 2.85. The molecule has 0 amide bonds. The van der Waals surface area contributed by atoms with Crippen molar-refractivity contribution in [2.75, 3.05) is 13.7 Å². The van der Waals surface area contributed by atoms with Crippen LogP contribution in [0.5, 0.6) is 5.75 Å². The maximum atomic E-state index is 11.5. The molecule has 0 saturated heterocycles. The van der Waals surface area contributed by atoms with Crippen molar-refractivity contribution in [2.24, 2.45) is 0 Å². The molecule has 0 heterocycles. The third kappa shape index (κ3) is 6.31. The van der Waals surface area contributed by atoms with E-state index in [0.717, 1.165) is 30.6 Å². The average Bonchev–Trinajstić information content (AvgIpc) is 2.52. The summed E-state index contributed by atoms with van der Waals surface area (Å²) in [7, 11) is 1.61. The van der Waals surface area contributed by atoms with Gasteiger partial charge < -0.3 is 14.6 Å². The van der Waals surface area contributed by atoms with Gasteiger partial charge in [0.05, 0.1) is 13.2 Å². The van der Waals surface area contributed by atoms with Gasteiger partial charge in [-0.15, -0.1) is 0 Å². The molecule has 1 aromatic carbocycles. The van der Waals surface area contributed by atoms with E-state index in [-0.39, 0.29) is 6.10 Å². The summed E-state index contributed by atoms with van der Waals surface area (Å²) in [5.41, 5.74) is 1.23. The number of carboxylic acid groups (broad SMARTS) is 1. The predicted octanol–water partition coefficient (Wildman–Crippen LogP) is 4.15. The van der Waals surface area contributed by atoms with Crippen molar-refractivity contribution >= 4 is 12.0 Å². The summed E-state index contributed by atoms with van der Waals surface area (Å²) in [5, 5.41) is 9.43. The normalized spacial score (nSPS) is 13.0. The highest BCUT2D eigenvalue weighted by Gasteiger charge is 2.16. The topological polar surface area (TPSA) is 55.8 Å². The molecule has 0 aliphatic carbocycles. The number of carboxylic acids is 1. The van der Waals surface area contributed by atoms with Crippen molar-refractivity contribution in [1.82, 2.24) is 0 Å². The number of hydrogen-bond donors (Lipinski definition) is 1. The SMILES string of the molecule is CCCCC(CC(=Cc1ccc(OC)cc1)C(=O)O)OCC. The molecular formula is C18H26O4. The van der Waals surface area contributed by atoms with Gasteiger partial charge in [-0.1, -0.05) is 31.9 Å². The minimum Gasteiger partial charge on any atom is -0.497 e. The average molecular weight is 306 g/mol. The first-order valence-corrected chi connectivity index (χ1v) is 7.80. The van der Waals surface area contributed by atoms with Crippen LogP contribution in [0.15, 0.2) is 29.8 Å². The molecule has 0 aliphatic heterocycles. The van der Waals surface area contributed by atoms with Gasteiger partial charge in [0.25, 0.3) is 0 Å². The molecule has 0 aromatic heterocycles. The lowest BCUT2D eigenvalue weighted by Gasteiger charge is -2.17. The third-order valence-electron chi connectivity index (χ3n) is 3.46. The van der Waals surface area contributed by atoms with Gasteiger partial charge in [-0.2, -0.15) is 0 Å². The monoisotopic (exact) mass is 306 g/mol. The number of carbonyl (C=O) groups is 1. The zero-order chi connectivity index (χ0) is 16.4. The Morgan fingerprint density at radius 3 is 2.45 bits per heavy atom. The first-order valence-electron chi connectivity index (χ1n) is 7.80. The van der Waals surface area contributed by atoms with Gasteiger partial charge in [-0.25, -0.2) is 4.79 Å². The molecule has 22 heavy (non-hydrogen) atoms. The predicted molar refractivity (Wildman–Crippen MR) is 88.2 cm³/mol. The Morgan fingerprint density at radius 1 is 1.27 bits per heavy atom. The van der Waals surface area contributed by atoms with Crippen LogP contribution < -0.4 is 4.74 Å². The van der Waals surface area contributed by atoms with E-state index >= 15 is 0 Å². The van der Waals surface area contributed by atoms with E-state index in [0.29, 0.717) is 18.6 Å². The van der Waals surface area contributed by atoms with Crippen molar-refractivity contribution < 1.29 is 19.4 Å². The summed E-state index contributed by atoms with van der Waals surface area (Å²) in [6.45, 7) is 4.66. The molecule has 0 saturated carbocycles. The number of ether oxygens (including phenoxy) is 2. The first kappa shape index (κ1) is 18.2. The Bertz CT molecular complexity index is 476. The molecule has 1 aromatic rings. The molecule has 0 fully saturated rings. The van der Waals surface area contributed by atoms with E-state index in [9.17, 15) is 9.90 Å². The van der Waals surface area contributed by atoms with Crippen LogP contribution in [-0.4, -0.2) is 30.9 Å². The lowest BCUT2D eigenvalue weighted by molar-refractivity contribution is -0.133. The van der Waals surface area contributed by atoms with Gasteiger partial charge >= 0.3 is 5.97 Å². The second kappa shape index (κ2) is 10.0. The Labute approximate surface area is 132 Å². The minimum absolute atomic E-state index is 0.0365. The zero-order valence-corrected chi connectivity index (χ0v) is 13.7. The highest BCUT2D eigenvalue weighted by Crippen LogP contribution is 2.19. The van der Waals surface area contributed by atoms with E-state index in [1.165, 1.54) is 0 Å². The first-order chi connectivity index (χ1) is 10.6. The molecule has 4 heteroatoms. The van der Waals surface area contributed by atoms with Crippen LogP contribution in [0.2, 0.25) is 0 Å². The van der Waals surface area contributed by atoms with Crippen LogP contribution in [0.1, 0.15) is 45.1 Å². The van der Waals surface area contributed by atoms with Crippen LogP contribution in [0.4, 0.5) is 0 Å². The molecule has 0 bridgehead atoms. The molecule has 1 rings (SSSR count). The molecule has 0 radical (unpaired) electrons. The highest BCUT2D eigenvalue weighted by atomic mass is 16.5. The number of unbranched alkanes of at least 4 members (excludes halogenated alkanes) is 1. The van der Waals surface area contributed by atoms with Crippen LogP contribution in [0.3, 0.4) is 0 Å². The summed E-state index contributed by atoms with van der Waals surface area (Å²) < 4.78 is 10.8. The molecule has 1 atom stereocenters. The number of rotatable bonds is 10. The Kier molecular flexibility index (Phi) is 8.30. The van der Waals surface area contributed by atoms with Crippen LogP contribution >= 0.6 is 0 Å².